The van der Waals surface area contributed by atoms with Crippen LogP contribution in [0.15, 0.2) is 83.3 Å². The van der Waals surface area contributed by atoms with Crippen molar-refractivity contribution in [2.45, 2.75) is 25.9 Å². The third-order valence-corrected chi connectivity index (χ3v) is 4.82. The molecule has 0 fully saturated rings. The minimum absolute atomic E-state index is 0.0841. The lowest BCUT2D eigenvalue weighted by atomic mass is 9.98. The van der Waals surface area contributed by atoms with Crippen molar-refractivity contribution in [3.8, 4) is 0 Å². The number of nitrogens with one attached hydrogen (secondary N) is 2. The molecule has 0 aliphatic carbocycles. The molecule has 1 amide bonds. The molecule has 29 heavy (non-hydrogen) atoms. The molecule has 0 aliphatic heterocycles. The number of hydrogen-bond acceptors (Lipinski definition) is 4. The summed E-state index contributed by atoms with van der Waals surface area (Å²) in [5, 5.41) is 6.43. The molecule has 0 spiro atoms. The van der Waals surface area contributed by atoms with Crippen molar-refractivity contribution in [2.24, 2.45) is 0 Å². The number of nitrogens with zero attached hydrogens (tertiary/aromatic N) is 1. The van der Waals surface area contributed by atoms with Gasteiger partial charge in [0.1, 0.15) is 11.6 Å². The summed E-state index contributed by atoms with van der Waals surface area (Å²) < 4.78 is 5.51. The van der Waals surface area contributed by atoms with Gasteiger partial charge in [0.05, 0.1) is 6.04 Å². The van der Waals surface area contributed by atoms with E-state index in [1.165, 1.54) is 0 Å². The highest BCUT2D eigenvalue weighted by Crippen LogP contribution is 2.23. The van der Waals surface area contributed by atoms with Crippen molar-refractivity contribution in [3.63, 3.8) is 0 Å². The maximum absolute atomic E-state index is 13.0. The summed E-state index contributed by atoms with van der Waals surface area (Å²) in [6.07, 6.45) is 0. The number of carbonyl (C=O) groups is 1. The first-order valence-corrected chi connectivity index (χ1v) is 9.64. The van der Waals surface area contributed by atoms with Crippen LogP contribution in [0.4, 0.5) is 5.69 Å². The van der Waals surface area contributed by atoms with Crippen molar-refractivity contribution in [1.29, 1.82) is 0 Å². The highest BCUT2D eigenvalue weighted by atomic mass is 16.3. The second-order valence-corrected chi connectivity index (χ2v) is 7.04. The van der Waals surface area contributed by atoms with Gasteiger partial charge in [-0.2, -0.15) is 0 Å². The molecule has 4 rings (SSSR count). The Morgan fingerprint density at radius 1 is 0.931 bits per heavy atom. The number of benzene rings is 3. The van der Waals surface area contributed by atoms with E-state index in [9.17, 15) is 4.79 Å². The summed E-state index contributed by atoms with van der Waals surface area (Å²) in [5.74, 6) is 0.538. The summed E-state index contributed by atoms with van der Waals surface area (Å²) >= 11 is 0. The number of carbonyl (C=O) groups excluding carboxylic acids is 1. The summed E-state index contributed by atoms with van der Waals surface area (Å²) in [6.45, 7) is 3.66. The molecular formula is C24H23N3O2. The molecule has 3 aromatic carbocycles. The van der Waals surface area contributed by atoms with E-state index in [4.69, 9.17) is 4.42 Å². The van der Waals surface area contributed by atoms with E-state index in [2.05, 4.69) is 15.6 Å². The molecule has 0 bridgehead atoms. The van der Waals surface area contributed by atoms with Crippen molar-refractivity contribution < 1.29 is 9.21 Å². The van der Waals surface area contributed by atoms with Crippen LogP contribution in [0.2, 0.25) is 0 Å². The van der Waals surface area contributed by atoms with Gasteiger partial charge in [-0.15, -0.1) is 0 Å². The molecule has 5 nitrogen and oxygen atoms in total. The van der Waals surface area contributed by atoms with Crippen molar-refractivity contribution in [1.82, 2.24) is 10.3 Å². The van der Waals surface area contributed by atoms with E-state index in [1.54, 1.807) is 0 Å². The monoisotopic (exact) mass is 385 g/mol. The van der Waals surface area contributed by atoms with Gasteiger partial charge in [0.15, 0.2) is 11.5 Å². The SMILES string of the molecule is Cc1nc2cc(N[C@H](C)C(=O)NC(c3ccccc3)c3ccccc3)ccc2o1. The molecule has 4 aromatic rings. The zero-order valence-corrected chi connectivity index (χ0v) is 16.4. The highest BCUT2D eigenvalue weighted by Gasteiger charge is 2.20. The van der Waals surface area contributed by atoms with E-state index in [-0.39, 0.29) is 11.9 Å². The highest BCUT2D eigenvalue weighted by molar-refractivity contribution is 5.86. The van der Waals surface area contributed by atoms with Crippen LogP contribution in [-0.4, -0.2) is 16.9 Å². The molecule has 1 aromatic heterocycles. The number of hydrogen-bond donors (Lipinski definition) is 2. The first-order valence-electron chi connectivity index (χ1n) is 9.64. The molecule has 0 saturated heterocycles. The molecule has 0 saturated carbocycles. The quantitative estimate of drug-likeness (QED) is 0.498. The van der Waals surface area contributed by atoms with E-state index in [0.717, 1.165) is 27.9 Å². The summed E-state index contributed by atoms with van der Waals surface area (Å²) in [5.41, 5.74) is 4.41. The van der Waals surface area contributed by atoms with Gasteiger partial charge in [0.2, 0.25) is 5.91 Å². The van der Waals surface area contributed by atoms with Gasteiger partial charge in [-0.1, -0.05) is 60.7 Å². The number of amides is 1. The number of rotatable bonds is 6. The third-order valence-electron chi connectivity index (χ3n) is 4.82. The fourth-order valence-electron chi connectivity index (χ4n) is 3.37. The molecule has 0 aliphatic rings. The van der Waals surface area contributed by atoms with Gasteiger partial charge in [-0.25, -0.2) is 4.98 Å². The Morgan fingerprint density at radius 3 is 2.17 bits per heavy atom. The Balaban J connectivity index is 1.51. The average Bonchev–Trinajstić information content (AvgIpc) is 3.12. The van der Waals surface area contributed by atoms with Crippen LogP contribution in [0.3, 0.4) is 0 Å². The lowest BCUT2D eigenvalue weighted by molar-refractivity contribution is -0.122. The minimum Gasteiger partial charge on any atom is -0.441 e. The van der Waals surface area contributed by atoms with Crippen LogP contribution in [0.5, 0.6) is 0 Å². The average molecular weight is 385 g/mol. The Hall–Kier alpha value is -3.60. The van der Waals surface area contributed by atoms with Crippen LogP contribution in [0.1, 0.15) is 30.0 Å². The minimum atomic E-state index is -0.421. The first-order chi connectivity index (χ1) is 14.1. The van der Waals surface area contributed by atoms with E-state index >= 15 is 0 Å². The fraction of sp³-hybridized carbons (Fsp3) is 0.167. The second kappa shape index (κ2) is 8.19. The zero-order chi connectivity index (χ0) is 20.2. The van der Waals surface area contributed by atoms with Crippen LogP contribution in [0.25, 0.3) is 11.1 Å². The Labute approximate surface area is 169 Å². The van der Waals surface area contributed by atoms with Gasteiger partial charge < -0.3 is 15.1 Å². The van der Waals surface area contributed by atoms with Crippen LogP contribution < -0.4 is 10.6 Å². The largest absolute Gasteiger partial charge is 0.441 e. The number of fused-ring (bicyclic) bond motifs is 1. The lowest BCUT2D eigenvalue weighted by Gasteiger charge is -2.23. The summed E-state index contributed by atoms with van der Waals surface area (Å²) in [6, 6.07) is 25.0. The van der Waals surface area contributed by atoms with Crippen LogP contribution in [-0.2, 0) is 4.79 Å². The van der Waals surface area contributed by atoms with Gasteiger partial charge in [-0.05, 0) is 36.2 Å². The summed E-state index contributed by atoms with van der Waals surface area (Å²) in [7, 11) is 0. The Bertz CT molecular complexity index is 1070. The summed E-state index contributed by atoms with van der Waals surface area (Å²) in [4.78, 5) is 17.3. The molecule has 1 atom stereocenters. The number of aromatic nitrogens is 1. The fourth-order valence-corrected chi connectivity index (χ4v) is 3.37. The molecule has 146 valence electrons. The van der Waals surface area contributed by atoms with E-state index in [1.807, 2.05) is 92.7 Å². The molecular weight excluding hydrogens is 362 g/mol. The Kier molecular flexibility index (Phi) is 5.29. The smallest absolute Gasteiger partial charge is 0.242 e. The van der Waals surface area contributed by atoms with Crippen LogP contribution >= 0.6 is 0 Å². The number of aryl methyl sites for hydroxylation is 1. The van der Waals surface area contributed by atoms with Gasteiger partial charge in [0, 0.05) is 12.6 Å². The maximum Gasteiger partial charge on any atom is 0.242 e. The zero-order valence-electron chi connectivity index (χ0n) is 16.4. The number of oxazole rings is 1. The predicted octanol–water partition coefficient (Wildman–Crippen LogP) is 4.84. The molecule has 0 radical (unpaired) electrons. The molecule has 2 N–H and O–H groups in total. The van der Waals surface area contributed by atoms with Crippen LogP contribution in [0, 0.1) is 6.92 Å². The third kappa shape index (κ3) is 4.29. The maximum atomic E-state index is 13.0. The van der Waals surface area contributed by atoms with E-state index < -0.39 is 6.04 Å². The second-order valence-electron chi connectivity index (χ2n) is 7.04. The van der Waals surface area contributed by atoms with Crippen molar-refractivity contribution >= 4 is 22.7 Å². The van der Waals surface area contributed by atoms with Crippen molar-refractivity contribution in [3.05, 3.63) is 95.9 Å². The van der Waals surface area contributed by atoms with E-state index in [0.29, 0.717) is 5.89 Å². The normalized spacial score (nSPS) is 12.1. The first kappa shape index (κ1) is 18.7. The molecule has 0 unspecified atom stereocenters. The number of anilines is 1. The standard InChI is InChI=1S/C24H23N3O2/c1-16(25-20-13-14-22-21(15-20)26-17(2)29-22)24(28)27-23(18-9-5-3-6-10-18)19-11-7-4-8-12-19/h3-16,23,25H,1-2H3,(H,27,28)/t16-/m1/s1. The van der Waals surface area contributed by atoms with Crippen molar-refractivity contribution in [2.75, 3.05) is 5.32 Å². The Morgan fingerprint density at radius 2 is 1.55 bits per heavy atom. The molecule has 1 heterocycles. The van der Waals surface area contributed by atoms with Gasteiger partial charge in [0.25, 0.3) is 0 Å². The van der Waals surface area contributed by atoms with Gasteiger partial charge >= 0.3 is 0 Å². The molecule has 5 heteroatoms. The lowest BCUT2D eigenvalue weighted by Crippen LogP contribution is -2.40. The van der Waals surface area contributed by atoms with Gasteiger partial charge in [-0.3, -0.25) is 4.79 Å². The topological polar surface area (TPSA) is 67.2 Å². The predicted molar refractivity (Wildman–Crippen MR) is 115 cm³/mol.